The smallest absolute Gasteiger partial charge is 0.136 e. The molecule has 0 aliphatic heterocycles. The third-order valence-corrected chi connectivity index (χ3v) is 12.0. The molecule has 1 heterocycles. The molecule has 2 nitrogen and oxygen atoms in total. The molecule has 10 aromatic rings. The highest BCUT2D eigenvalue weighted by molar-refractivity contribution is 6.16. The van der Waals surface area contributed by atoms with E-state index in [9.17, 15) is 0 Å². The van der Waals surface area contributed by atoms with E-state index in [4.69, 9.17) is 4.42 Å². The SMILES string of the molecule is CC1(C)c2ccccc2-c2ccc(N(c3ccc4cc(-c5ccccc5)ccc4c3)c3ccc4oc5ccccc5c4c3-c3cccc(-c4ccccc4)c3)cc21. The van der Waals surface area contributed by atoms with Crippen molar-refractivity contribution in [2.75, 3.05) is 4.90 Å². The number of hydrogen-bond donors (Lipinski definition) is 0. The quantitative estimate of drug-likeness (QED) is 0.169. The summed E-state index contributed by atoms with van der Waals surface area (Å²) in [6, 6.07) is 72.7. The van der Waals surface area contributed by atoms with Gasteiger partial charge in [0.05, 0.1) is 5.69 Å². The monoisotopic (exact) mass is 729 g/mol. The maximum absolute atomic E-state index is 6.59. The van der Waals surface area contributed by atoms with Gasteiger partial charge in [-0.1, -0.05) is 159 Å². The van der Waals surface area contributed by atoms with Gasteiger partial charge in [0.2, 0.25) is 0 Å². The molecule has 0 radical (unpaired) electrons. The van der Waals surface area contributed by atoms with Gasteiger partial charge in [-0.25, -0.2) is 0 Å². The van der Waals surface area contributed by atoms with Crippen LogP contribution in [0.1, 0.15) is 25.0 Å². The molecule has 0 saturated heterocycles. The van der Waals surface area contributed by atoms with Crippen molar-refractivity contribution in [3.8, 4) is 44.5 Å². The normalized spacial score (nSPS) is 12.9. The van der Waals surface area contributed by atoms with Crippen LogP contribution < -0.4 is 4.90 Å². The van der Waals surface area contributed by atoms with Gasteiger partial charge in [-0.2, -0.15) is 0 Å². The average Bonchev–Trinajstić information content (AvgIpc) is 3.76. The van der Waals surface area contributed by atoms with E-state index in [1.165, 1.54) is 55.3 Å². The summed E-state index contributed by atoms with van der Waals surface area (Å²) in [4.78, 5) is 2.47. The number of nitrogens with zero attached hydrogens (tertiary/aromatic N) is 1. The van der Waals surface area contributed by atoms with Crippen LogP contribution in [0.5, 0.6) is 0 Å². The summed E-state index contributed by atoms with van der Waals surface area (Å²) in [6.45, 7) is 4.71. The molecule has 0 fully saturated rings. The number of anilines is 3. The minimum atomic E-state index is -0.150. The Morgan fingerprint density at radius 3 is 1.84 bits per heavy atom. The summed E-state index contributed by atoms with van der Waals surface area (Å²) in [7, 11) is 0. The third kappa shape index (κ3) is 5.40. The zero-order valence-electron chi connectivity index (χ0n) is 31.9. The first kappa shape index (κ1) is 33.2. The van der Waals surface area contributed by atoms with Crippen molar-refractivity contribution >= 4 is 49.8 Å². The largest absolute Gasteiger partial charge is 0.456 e. The highest BCUT2D eigenvalue weighted by atomic mass is 16.3. The Balaban J connectivity index is 1.18. The second-order valence-electron chi connectivity index (χ2n) is 15.7. The molecule has 270 valence electrons. The first-order valence-corrected chi connectivity index (χ1v) is 19.8. The van der Waals surface area contributed by atoms with Gasteiger partial charge in [0.15, 0.2) is 0 Å². The predicted octanol–water partition coefficient (Wildman–Crippen LogP) is 15.5. The van der Waals surface area contributed by atoms with E-state index >= 15 is 0 Å². The summed E-state index contributed by atoms with van der Waals surface area (Å²) in [5.41, 5.74) is 17.3. The van der Waals surface area contributed by atoms with Crippen LogP contribution in [-0.2, 0) is 5.41 Å². The fourth-order valence-electron chi connectivity index (χ4n) is 9.21. The van der Waals surface area contributed by atoms with Gasteiger partial charge in [0.1, 0.15) is 11.2 Å². The van der Waals surface area contributed by atoms with Crippen molar-refractivity contribution in [3.05, 3.63) is 211 Å². The van der Waals surface area contributed by atoms with E-state index in [-0.39, 0.29) is 5.41 Å². The lowest BCUT2D eigenvalue weighted by Gasteiger charge is -2.30. The molecule has 11 rings (SSSR count). The molecule has 0 N–H and O–H groups in total. The van der Waals surface area contributed by atoms with Crippen LogP contribution in [-0.4, -0.2) is 0 Å². The second kappa shape index (κ2) is 13.0. The fraction of sp³-hybridized carbons (Fsp3) is 0.0545. The summed E-state index contributed by atoms with van der Waals surface area (Å²) < 4.78 is 6.59. The molecule has 0 unspecified atom stereocenters. The first-order valence-electron chi connectivity index (χ1n) is 19.8. The van der Waals surface area contributed by atoms with Gasteiger partial charge in [0.25, 0.3) is 0 Å². The lowest BCUT2D eigenvalue weighted by atomic mass is 9.82. The van der Waals surface area contributed by atoms with E-state index in [1.54, 1.807) is 0 Å². The lowest BCUT2D eigenvalue weighted by molar-refractivity contribution is 0.660. The topological polar surface area (TPSA) is 16.4 Å². The maximum Gasteiger partial charge on any atom is 0.136 e. The van der Waals surface area contributed by atoms with Crippen molar-refractivity contribution < 1.29 is 4.42 Å². The molecule has 1 aromatic heterocycles. The standard InChI is InChI=1S/C55H39NO/c1-55(2)48-22-11-9-20-45(48)46-29-28-44(35-49(46)55)56(43-27-26-40-32-39(24-25-41(40)34-43)37-16-7-4-8-17-37)50-30-31-52-54(47-21-10-12-23-51(47)57-52)53(50)42-19-13-18-38(33-42)36-14-5-3-6-15-36/h3-35H,1-2H3. The van der Waals surface area contributed by atoms with E-state index in [0.29, 0.717) is 0 Å². The van der Waals surface area contributed by atoms with Crippen molar-refractivity contribution in [2.45, 2.75) is 19.3 Å². The molecule has 9 aromatic carbocycles. The minimum absolute atomic E-state index is 0.150. The maximum atomic E-state index is 6.59. The van der Waals surface area contributed by atoms with Crippen LogP contribution in [0.3, 0.4) is 0 Å². The number of fused-ring (bicyclic) bond motifs is 7. The summed E-state index contributed by atoms with van der Waals surface area (Å²) >= 11 is 0. The molecule has 1 aliphatic rings. The van der Waals surface area contributed by atoms with Gasteiger partial charge < -0.3 is 9.32 Å². The molecule has 57 heavy (non-hydrogen) atoms. The van der Waals surface area contributed by atoms with Crippen molar-refractivity contribution in [2.24, 2.45) is 0 Å². The Bertz CT molecular complexity index is 3150. The third-order valence-electron chi connectivity index (χ3n) is 12.0. The molecule has 0 bridgehead atoms. The lowest BCUT2D eigenvalue weighted by Crippen LogP contribution is -2.17. The summed E-state index contributed by atoms with van der Waals surface area (Å²) in [5.74, 6) is 0. The van der Waals surface area contributed by atoms with Crippen LogP contribution in [0.2, 0.25) is 0 Å². The van der Waals surface area contributed by atoms with Crippen LogP contribution in [0, 0.1) is 0 Å². The van der Waals surface area contributed by atoms with Crippen LogP contribution in [0.4, 0.5) is 17.1 Å². The van der Waals surface area contributed by atoms with E-state index < -0.39 is 0 Å². The Hall–Kier alpha value is -7.16. The van der Waals surface area contributed by atoms with Gasteiger partial charge in [-0.05, 0) is 115 Å². The zero-order chi connectivity index (χ0) is 38.1. The van der Waals surface area contributed by atoms with Crippen LogP contribution in [0.25, 0.3) is 77.2 Å². The average molecular weight is 730 g/mol. The summed E-state index contributed by atoms with van der Waals surface area (Å²) in [5, 5.41) is 4.61. The Morgan fingerprint density at radius 1 is 0.404 bits per heavy atom. The molecule has 0 atom stereocenters. The number of furan rings is 1. The number of rotatable bonds is 6. The van der Waals surface area contributed by atoms with Crippen LogP contribution >= 0.6 is 0 Å². The highest BCUT2D eigenvalue weighted by Crippen LogP contribution is 2.52. The molecule has 0 saturated carbocycles. The second-order valence-corrected chi connectivity index (χ2v) is 15.7. The van der Waals surface area contributed by atoms with Gasteiger partial charge >= 0.3 is 0 Å². The van der Waals surface area contributed by atoms with E-state index in [0.717, 1.165) is 50.1 Å². The Morgan fingerprint density at radius 2 is 1.02 bits per heavy atom. The molecule has 2 heteroatoms. The number of hydrogen-bond acceptors (Lipinski definition) is 2. The Labute approximate surface area is 332 Å². The predicted molar refractivity (Wildman–Crippen MR) is 240 cm³/mol. The van der Waals surface area contributed by atoms with Crippen molar-refractivity contribution in [3.63, 3.8) is 0 Å². The minimum Gasteiger partial charge on any atom is -0.456 e. The van der Waals surface area contributed by atoms with Crippen molar-refractivity contribution in [1.29, 1.82) is 0 Å². The van der Waals surface area contributed by atoms with Crippen LogP contribution in [0.15, 0.2) is 205 Å². The number of benzene rings is 9. The highest BCUT2D eigenvalue weighted by Gasteiger charge is 2.36. The van der Waals surface area contributed by atoms with Gasteiger partial charge in [-0.3, -0.25) is 0 Å². The van der Waals surface area contributed by atoms with E-state index in [1.807, 2.05) is 0 Å². The fourth-order valence-corrected chi connectivity index (χ4v) is 9.21. The molecule has 1 aliphatic carbocycles. The molecule has 0 spiro atoms. The van der Waals surface area contributed by atoms with E-state index in [2.05, 4.69) is 219 Å². The van der Waals surface area contributed by atoms with Gasteiger partial charge in [-0.15, -0.1) is 0 Å². The molecular weight excluding hydrogens is 691 g/mol. The first-order chi connectivity index (χ1) is 28.0. The Kier molecular flexibility index (Phi) is 7.55. The number of para-hydroxylation sites is 1. The van der Waals surface area contributed by atoms with Gasteiger partial charge in [0, 0.05) is 33.1 Å². The molecular formula is C55H39NO. The summed E-state index contributed by atoms with van der Waals surface area (Å²) in [6.07, 6.45) is 0. The molecule has 0 amide bonds. The van der Waals surface area contributed by atoms with Crippen molar-refractivity contribution in [1.82, 2.24) is 0 Å². The zero-order valence-corrected chi connectivity index (χ0v) is 31.9.